The number of carbonyl (C=O) groups excluding carboxylic acids is 1. The van der Waals surface area contributed by atoms with E-state index in [1.54, 1.807) is 12.1 Å². The lowest BCUT2D eigenvalue weighted by molar-refractivity contribution is -0.393. The van der Waals surface area contributed by atoms with E-state index in [1.165, 1.54) is 13.0 Å². The van der Waals surface area contributed by atoms with Crippen molar-refractivity contribution in [2.45, 2.75) is 32.8 Å². The van der Waals surface area contributed by atoms with E-state index in [2.05, 4.69) is 36.8 Å². The minimum absolute atomic E-state index is 0.0108. The van der Waals surface area contributed by atoms with Crippen LogP contribution in [0.15, 0.2) is 45.0 Å². The van der Waals surface area contributed by atoms with Crippen LogP contribution in [0, 0.1) is 20.2 Å². The average molecular weight is 553 g/mol. The van der Waals surface area contributed by atoms with Crippen LogP contribution in [0.4, 0.5) is 34.1 Å². The molecule has 3 N–H and O–H groups in total. The number of nitro groups is 2. The number of halogens is 1. The van der Waals surface area contributed by atoms with Crippen LogP contribution in [0.3, 0.4) is 0 Å². The summed E-state index contributed by atoms with van der Waals surface area (Å²) in [5.41, 5.74) is -0.279. The van der Waals surface area contributed by atoms with Gasteiger partial charge in [0.1, 0.15) is 5.69 Å². The zero-order chi connectivity index (χ0) is 26.0. The fourth-order valence-corrected chi connectivity index (χ4v) is 3.32. The number of ether oxygens (including phenoxy) is 1. The van der Waals surface area contributed by atoms with Gasteiger partial charge in [-0.15, -0.1) is 10.2 Å². The number of non-ortho nitro benzene ring substituents is 1. The van der Waals surface area contributed by atoms with Crippen LogP contribution < -0.4 is 10.6 Å². The fourth-order valence-electron chi connectivity index (χ4n) is 2.80. The van der Waals surface area contributed by atoms with Gasteiger partial charge in [0.15, 0.2) is 5.69 Å². The molecule has 13 nitrogen and oxygen atoms in total. The number of aliphatic hydroxyl groups excluding tert-OH is 1. The number of nitrogens with zero attached hydrogens (tertiary/aromatic N) is 4. The number of unbranched alkanes of at least 4 members (excludes halogenated alkanes) is 1. The molecule has 0 bridgehead atoms. The first-order valence-corrected chi connectivity index (χ1v) is 11.4. The van der Waals surface area contributed by atoms with Crippen LogP contribution in [-0.4, -0.2) is 46.7 Å². The molecule has 2 rings (SSSR count). The molecule has 1 amide bonds. The minimum Gasteiger partial charge on any atom is -0.389 e. The molecule has 0 saturated carbocycles. The lowest BCUT2D eigenvalue weighted by Gasteiger charge is -2.14. The first-order valence-electron chi connectivity index (χ1n) is 10.6. The molecule has 1 atom stereocenters. The van der Waals surface area contributed by atoms with Gasteiger partial charge in [-0.3, -0.25) is 25.0 Å². The van der Waals surface area contributed by atoms with E-state index < -0.39 is 27.3 Å². The number of hydrogen-bond acceptors (Lipinski definition) is 10. The van der Waals surface area contributed by atoms with Crippen LogP contribution in [0.5, 0.6) is 0 Å². The van der Waals surface area contributed by atoms with Crippen molar-refractivity contribution >= 4 is 56.0 Å². The van der Waals surface area contributed by atoms with E-state index >= 15 is 0 Å². The number of nitrogens with one attached hydrogen (secondary N) is 2. The van der Waals surface area contributed by atoms with Gasteiger partial charge in [-0.05, 0) is 40.5 Å². The molecule has 2 aromatic rings. The van der Waals surface area contributed by atoms with Crippen molar-refractivity contribution in [2.75, 3.05) is 30.4 Å². The van der Waals surface area contributed by atoms with Crippen molar-refractivity contribution in [2.24, 2.45) is 10.2 Å². The summed E-state index contributed by atoms with van der Waals surface area (Å²) >= 11 is 3.06. The molecule has 0 fully saturated rings. The number of amides is 1. The van der Waals surface area contributed by atoms with Gasteiger partial charge in [0.2, 0.25) is 5.91 Å². The van der Waals surface area contributed by atoms with Gasteiger partial charge in [-0.25, -0.2) is 0 Å². The van der Waals surface area contributed by atoms with Crippen LogP contribution >= 0.6 is 15.9 Å². The molecule has 1 unspecified atom stereocenters. The topological polar surface area (TPSA) is 182 Å². The molecule has 0 radical (unpaired) electrons. The molecule has 0 aliphatic carbocycles. The number of aliphatic hydroxyl groups is 1. The Labute approximate surface area is 209 Å². The molecule has 2 aromatic carbocycles. The van der Waals surface area contributed by atoms with Crippen LogP contribution in [0.2, 0.25) is 0 Å². The second kappa shape index (κ2) is 13.4. The van der Waals surface area contributed by atoms with Crippen LogP contribution in [-0.2, 0) is 9.53 Å². The minimum atomic E-state index is -0.800. The Morgan fingerprint density at radius 2 is 1.94 bits per heavy atom. The molecule has 14 heteroatoms. The van der Waals surface area contributed by atoms with E-state index in [0.717, 1.165) is 25.0 Å². The fraction of sp³-hybridized carbons (Fsp3) is 0.381. The molecule has 0 aromatic heterocycles. The molecule has 0 aliphatic rings. The predicted molar refractivity (Wildman–Crippen MR) is 133 cm³/mol. The molecule has 0 aliphatic heterocycles. The van der Waals surface area contributed by atoms with Crippen LogP contribution in [0.1, 0.15) is 26.7 Å². The maximum absolute atomic E-state index is 11.7. The average Bonchev–Trinajstić information content (AvgIpc) is 2.79. The number of azo groups is 1. The molecule has 0 heterocycles. The normalized spacial score (nSPS) is 11.9. The van der Waals surface area contributed by atoms with Gasteiger partial charge >= 0.3 is 5.69 Å². The summed E-state index contributed by atoms with van der Waals surface area (Å²) in [6.45, 7) is 4.30. The maximum atomic E-state index is 11.7. The predicted octanol–water partition coefficient (Wildman–Crippen LogP) is 5.23. The summed E-state index contributed by atoms with van der Waals surface area (Å²) in [7, 11) is 0. The summed E-state index contributed by atoms with van der Waals surface area (Å²) in [6, 6.07) is 6.59. The van der Waals surface area contributed by atoms with Crippen molar-refractivity contribution in [3.63, 3.8) is 0 Å². The van der Waals surface area contributed by atoms with Crippen LogP contribution in [0.25, 0.3) is 0 Å². The van der Waals surface area contributed by atoms with Gasteiger partial charge in [0.05, 0.1) is 38.8 Å². The Kier molecular flexibility index (Phi) is 10.6. The first-order chi connectivity index (χ1) is 16.6. The first kappa shape index (κ1) is 27.8. The smallest absolute Gasteiger partial charge is 0.304 e. The lowest BCUT2D eigenvalue weighted by atomic mass is 10.2. The zero-order valence-corrected chi connectivity index (χ0v) is 20.6. The van der Waals surface area contributed by atoms with Crippen molar-refractivity contribution in [1.29, 1.82) is 0 Å². The summed E-state index contributed by atoms with van der Waals surface area (Å²) < 4.78 is 5.40. The third-order valence-corrected chi connectivity index (χ3v) is 5.10. The summed E-state index contributed by atoms with van der Waals surface area (Å²) in [5, 5.41) is 46.0. The van der Waals surface area contributed by atoms with E-state index in [9.17, 15) is 30.1 Å². The van der Waals surface area contributed by atoms with Gasteiger partial charge in [-0.1, -0.05) is 13.3 Å². The van der Waals surface area contributed by atoms with Crippen molar-refractivity contribution in [3.05, 3.63) is 55.0 Å². The zero-order valence-electron chi connectivity index (χ0n) is 19.1. The number of benzene rings is 2. The summed E-state index contributed by atoms with van der Waals surface area (Å²) in [6.07, 6.45) is 1.17. The van der Waals surface area contributed by atoms with E-state index in [4.69, 9.17) is 4.74 Å². The monoisotopic (exact) mass is 552 g/mol. The van der Waals surface area contributed by atoms with Gasteiger partial charge < -0.3 is 20.5 Å². The maximum Gasteiger partial charge on any atom is 0.304 e. The molecular formula is C21H25BrN6O7. The Morgan fingerprint density at radius 1 is 1.20 bits per heavy atom. The number of rotatable bonds is 13. The molecular weight excluding hydrogens is 528 g/mol. The van der Waals surface area contributed by atoms with Crippen molar-refractivity contribution in [3.8, 4) is 0 Å². The van der Waals surface area contributed by atoms with Crippen molar-refractivity contribution in [1.82, 2.24) is 0 Å². The standard InChI is InChI=1S/C21H25BrN6O7/c1-3-4-7-35-12-16(30)11-23-14-5-6-18(19(8-14)24-13(2)29)25-26-21-17(22)9-15(27(31)32)10-20(21)28(33)34/h5-6,8-10,16,23,30H,3-4,7,11-12H2,1-2H3,(H,24,29). The largest absolute Gasteiger partial charge is 0.389 e. The van der Waals surface area contributed by atoms with E-state index in [-0.39, 0.29) is 40.6 Å². The quantitative estimate of drug-likeness (QED) is 0.130. The number of carbonyl (C=O) groups is 1. The molecule has 188 valence electrons. The van der Waals surface area contributed by atoms with E-state index in [0.29, 0.717) is 12.3 Å². The highest BCUT2D eigenvalue weighted by molar-refractivity contribution is 9.10. The molecule has 0 spiro atoms. The highest BCUT2D eigenvalue weighted by Crippen LogP contribution is 2.40. The molecule has 35 heavy (non-hydrogen) atoms. The Balaban J connectivity index is 2.25. The number of hydrogen-bond donors (Lipinski definition) is 3. The van der Waals surface area contributed by atoms with Gasteiger partial charge in [0, 0.05) is 31.8 Å². The highest BCUT2D eigenvalue weighted by atomic mass is 79.9. The Morgan fingerprint density at radius 3 is 2.57 bits per heavy atom. The van der Waals surface area contributed by atoms with Gasteiger partial charge in [-0.2, -0.15) is 0 Å². The third-order valence-electron chi connectivity index (χ3n) is 4.49. The van der Waals surface area contributed by atoms with Gasteiger partial charge in [0.25, 0.3) is 5.69 Å². The Bertz CT molecular complexity index is 1110. The van der Waals surface area contributed by atoms with Crippen molar-refractivity contribution < 1.29 is 24.5 Å². The number of nitro benzene ring substituents is 2. The SMILES string of the molecule is CCCCOCC(O)CNc1ccc(N=Nc2c(Br)cc([N+](=O)[O-])cc2[N+](=O)[O-])c(NC(C)=O)c1. The Hall–Kier alpha value is -3.49. The second-order valence-electron chi connectivity index (χ2n) is 7.39. The molecule has 0 saturated heterocycles. The highest BCUT2D eigenvalue weighted by Gasteiger charge is 2.23. The second-order valence-corrected chi connectivity index (χ2v) is 8.24. The van der Waals surface area contributed by atoms with E-state index in [1.807, 2.05) is 6.92 Å². The third kappa shape index (κ3) is 8.66. The number of anilines is 2. The lowest BCUT2D eigenvalue weighted by Crippen LogP contribution is -2.25. The summed E-state index contributed by atoms with van der Waals surface area (Å²) in [4.78, 5) is 32.5. The summed E-state index contributed by atoms with van der Waals surface area (Å²) in [5.74, 6) is -0.384.